The Hall–Kier alpha value is -3.92. The molecule has 0 saturated heterocycles. The highest BCUT2D eigenvalue weighted by Crippen LogP contribution is 2.11. The molecule has 2 amide bonds. The first-order valence-electron chi connectivity index (χ1n) is 8.64. The number of anilines is 1. The molecule has 0 spiro atoms. The molecule has 7 nitrogen and oxygen atoms in total. The van der Waals surface area contributed by atoms with Crippen LogP contribution in [0.4, 0.5) is 5.82 Å². The predicted molar refractivity (Wildman–Crippen MR) is 102 cm³/mol. The SMILES string of the molecule is Cc1cc(NC(=O)C(Cc2ccccc2)NC(=O)c2cccc(C#N)c2)no1. The summed E-state index contributed by atoms with van der Waals surface area (Å²) in [5, 5.41) is 18.2. The van der Waals surface area contributed by atoms with Crippen LogP contribution >= 0.6 is 0 Å². The van der Waals surface area contributed by atoms with E-state index in [-0.39, 0.29) is 5.82 Å². The van der Waals surface area contributed by atoms with Crippen LogP contribution in [-0.2, 0) is 11.2 Å². The average molecular weight is 374 g/mol. The van der Waals surface area contributed by atoms with Gasteiger partial charge in [0.25, 0.3) is 5.91 Å². The van der Waals surface area contributed by atoms with Gasteiger partial charge in [-0.05, 0) is 30.7 Å². The van der Waals surface area contributed by atoms with Crippen molar-refractivity contribution in [2.75, 3.05) is 5.32 Å². The molecule has 28 heavy (non-hydrogen) atoms. The lowest BCUT2D eigenvalue weighted by molar-refractivity contribution is -0.118. The average Bonchev–Trinajstić information content (AvgIpc) is 3.12. The standard InChI is InChI=1S/C21H18N4O3/c1-14-10-19(25-28-14)24-21(27)18(12-15-6-3-2-4-7-15)23-20(26)17-9-5-8-16(11-17)13-22/h2-11,18H,12H2,1H3,(H,23,26)(H,24,25,27). The van der Waals surface area contributed by atoms with E-state index >= 15 is 0 Å². The quantitative estimate of drug-likeness (QED) is 0.690. The van der Waals surface area contributed by atoms with E-state index in [1.54, 1.807) is 31.2 Å². The molecule has 7 heteroatoms. The first-order valence-corrected chi connectivity index (χ1v) is 8.64. The van der Waals surface area contributed by atoms with Crippen molar-refractivity contribution in [3.8, 4) is 6.07 Å². The minimum atomic E-state index is -0.836. The lowest BCUT2D eigenvalue weighted by atomic mass is 10.0. The summed E-state index contributed by atoms with van der Waals surface area (Å²) in [6.45, 7) is 1.72. The van der Waals surface area contributed by atoms with Gasteiger partial charge < -0.3 is 15.2 Å². The molecule has 2 aromatic carbocycles. The van der Waals surface area contributed by atoms with E-state index < -0.39 is 17.9 Å². The van der Waals surface area contributed by atoms with Crippen LogP contribution in [0.5, 0.6) is 0 Å². The summed E-state index contributed by atoms with van der Waals surface area (Å²) in [6.07, 6.45) is 0.299. The summed E-state index contributed by atoms with van der Waals surface area (Å²) in [6, 6.07) is 18.4. The number of amides is 2. The van der Waals surface area contributed by atoms with E-state index in [4.69, 9.17) is 9.78 Å². The summed E-state index contributed by atoms with van der Waals surface area (Å²) in [5.74, 6) is -0.0139. The highest BCUT2D eigenvalue weighted by molar-refractivity contribution is 6.01. The third-order valence-corrected chi connectivity index (χ3v) is 4.04. The van der Waals surface area contributed by atoms with Gasteiger partial charge >= 0.3 is 0 Å². The maximum atomic E-state index is 12.8. The van der Waals surface area contributed by atoms with E-state index in [1.165, 1.54) is 6.07 Å². The van der Waals surface area contributed by atoms with Crippen molar-refractivity contribution in [1.29, 1.82) is 5.26 Å². The third-order valence-electron chi connectivity index (χ3n) is 4.04. The Morgan fingerprint density at radius 1 is 1.14 bits per heavy atom. The lowest BCUT2D eigenvalue weighted by Gasteiger charge is -2.18. The Morgan fingerprint density at radius 3 is 2.61 bits per heavy atom. The summed E-state index contributed by atoms with van der Waals surface area (Å²) >= 11 is 0. The topological polar surface area (TPSA) is 108 Å². The molecule has 2 N–H and O–H groups in total. The fraction of sp³-hybridized carbons (Fsp3) is 0.143. The summed E-state index contributed by atoms with van der Waals surface area (Å²) in [4.78, 5) is 25.4. The number of carbonyl (C=O) groups excluding carboxylic acids is 2. The molecule has 0 aliphatic carbocycles. The minimum Gasteiger partial charge on any atom is -0.360 e. The van der Waals surface area contributed by atoms with Crippen LogP contribution in [0.1, 0.15) is 27.2 Å². The molecule has 1 atom stereocenters. The van der Waals surface area contributed by atoms with Crippen LogP contribution in [0, 0.1) is 18.3 Å². The van der Waals surface area contributed by atoms with E-state index in [0.717, 1.165) is 5.56 Å². The maximum absolute atomic E-state index is 12.8. The zero-order valence-corrected chi connectivity index (χ0v) is 15.2. The fourth-order valence-corrected chi connectivity index (χ4v) is 2.67. The second kappa shape index (κ2) is 8.64. The molecule has 3 aromatic rings. The van der Waals surface area contributed by atoms with Gasteiger partial charge in [0.2, 0.25) is 5.91 Å². The summed E-state index contributed by atoms with van der Waals surface area (Å²) < 4.78 is 4.96. The van der Waals surface area contributed by atoms with Gasteiger partial charge in [-0.15, -0.1) is 0 Å². The molecule has 0 radical (unpaired) electrons. The van der Waals surface area contributed by atoms with Gasteiger partial charge in [-0.3, -0.25) is 9.59 Å². The van der Waals surface area contributed by atoms with Crippen molar-refractivity contribution in [3.63, 3.8) is 0 Å². The zero-order valence-electron chi connectivity index (χ0n) is 15.2. The number of aromatic nitrogens is 1. The Bertz CT molecular complexity index is 1020. The zero-order chi connectivity index (χ0) is 19.9. The smallest absolute Gasteiger partial charge is 0.251 e. The molecule has 0 saturated carbocycles. The van der Waals surface area contributed by atoms with E-state index in [0.29, 0.717) is 23.3 Å². The normalized spacial score (nSPS) is 11.3. The Balaban J connectivity index is 1.79. The fourth-order valence-electron chi connectivity index (χ4n) is 2.67. The molecule has 0 aliphatic heterocycles. The number of hydrogen-bond acceptors (Lipinski definition) is 5. The van der Waals surface area contributed by atoms with Gasteiger partial charge in [0.1, 0.15) is 11.8 Å². The number of nitrogens with one attached hydrogen (secondary N) is 2. The number of carbonyl (C=O) groups is 2. The summed E-state index contributed by atoms with van der Waals surface area (Å²) in [5.41, 5.74) is 1.57. The van der Waals surface area contributed by atoms with Gasteiger partial charge in [0.05, 0.1) is 11.6 Å². The molecular formula is C21H18N4O3. The van der Waals surface area contributed by atoms with Crippen LogP contribution in [-0.4, -0.2) is 23.0 Å². The molecule has 0 bridgehead atoms. The number of aryl methyl sites for hydroxylation is 1. The summed E-state index contributed by atoms with van der Waals surface area (Å²) in [7, 11) is 0. The number of nitriles is 1. The molecule has 1 aromatic heterocycles. The van der Waals surface area contributed by atoms with E-state index in [9.17, 15) is 9.59 Å². The van der Waals surface area contributed by atoms with E-state index in [1.807, 2.05) is 36.4 Å². The molecule has 0 aliphatic rings. The van der Waals surface area contributed by atoms with Gasteiger partial charge in [0, 0.05) is 18.1 Å². The van der Waals surface area contributed by atoms with Crippen molar-refractivity contribution in [2.24, 2.45) is 0 Å². The minimum absolute atomic E-state index is 0.279. The monoisotopic (exact) mass is 374 g/mol. The number of nitrogens with zero attached hydrogens (tertiary/aromatic N) is 2. The van der Waals surface area contributed by atoms with E-state index in [2.05, 4.69) is 15.8 Å². The molecule has 3 rings (SSSR count). The van der Waals surface area contributed by atoms with Gasteiger partial charge in [-0.25, -0.2) is 0 Å². The Labute approximate surface area is 162 Å². The van der Waals surface area contributed by atoms with Crippen LogP contribution in [0.3, 0.4) is 0 Å². The van der Waals surface area contributed by atoms with Crippen molar-refractivity contribution < 1.29 is 14.1 Å². The molecule has 1 heterocycles. The Kier molecular flexibility index (Phi) is 5.82. The molecule has 1 unspecified atom stereocenters. The highest BCUT2D eigenvalue weighted by Gasteiger charge is 2.23. The Morgan fingerprint density at radius 2 is 1.93 bits per heavy atom. The first-order chi connectivity index (χ1) is 13.5. The maximum Gasteiger partial charge on any atom is 0.251 e. The van der Waals surface area contributed by atoms with Crippen molar-refractivity contribution in [1.82, 2.24) is 10.5 Å². The van der Waals surface area contributed by atoms with Crippen LogP contribution in [0.15, 0.2) is 65.2 Å². The largest absolute Gasteiger partial charge is 0.360 e. The predicted octanol–water partition coefficient (Wildman–Crippen LogP) is 2.83. The van der Waals surface area contributed by atoms with Crippen LogP contribution < -0.4 is 10.6 Å². The van der Waals surface area contributed by atoms with Crippen molar-refractivity contribution in [2.45, 2.75) is 19.4 Å². The van der Waals surface area contributed by atoms with Gasteiger partial charge in [0.15, 0.2) is 5.82 Å². The number of rotatable bonds is 6. The molecule has 0 fully saturated rings. The van der Waals surface area contributed by atoms with Crippen LogP contribution in [0.2, 0.25) is 0 Å². The van der Waals surface area contributed by atoms with Crippen LogP contribution in [0.25, 0.3) is 0 Å². The second-order valence-corrected chi connectivity index (χ2v) is 6.22. The second-order valence-electron chi connectivity index (χ2n) is 6.22. The van der Waals surface area contributed by atoms with Gasteiger partial charge in [-0.2, -0.15) is 5.26 Å². The third kappa shape index (κ3) is 4.83. The van der Waals surface area contributed by atoms with Gasteiger partial charge in [-0.1, -0.05) is 41.6 Å². The molecule has 140 valence electrons. The van der Waals surface area contributed by atoms with Crippen molar-refractivity contribution >= 4 is 17.6 Å². The first kappa shape index (κ1) is 18.9. The number of benzene rings is 2. The lowest BCUT2D eigenvalue weighted by Crippen LogP contribution is -2.45. The van der Waals surface area contributed by atoms with Crippen molar-refractivity contribution in [3.05, 3.63) is 83.1 Å². The highest BCUT2D eigenvalue weighted by atomic mass is 16.5. The number of hydrogen-bond donors (Lipinski definition) is 2. The molecular weight excluding hydrogens is 356 g/mol.